The molecule has 0 atom stereocenters. The smallest absolute Gasteiger partial charge is 0.255 e. The van der Waals surface area contributed by atoms with Gasteiger partial charge in [0.05, 0.1) is 5.56 Å². The van der Waals surface area contributed by atoms with Crippen molar-refractivity contribution in [3.63, 3.8) is 0 Å². The zero-order chi connectivity index (χ0) is 12.4. The van der Waals surface area contributed by atoms with Crippen molar-refractivity contribution in [1.29, 1.82) is 0 Å². The third-order valence-corrected chi connectivity index (χ3v) is 3.80. The van der Waals surface area contributed by atoms with Gasteiger partial charge >= 0.3 is 0 Å². The van der Waals surface area contributed by atoms with Crippen LogP contribution in [-0.2, 0) is 0 Å². The van der Waals surface area contributed by atoms with E-state index in [1.165, 1.54) is 0 Å². The van der Waals surface area contributed by atoms with Crippen molar-refractivity contribution < 1.29 is 4.79 Å². The summed E-state index contributed by atoms with van der Waals surface area (Å²) in [6, 6.07) is 1.79. The number of hydrogen-bond acceptors (Lipinski definition) is 2. The lowest BCUT2D eigenvalue weighted by atomic mass is 9.84. The van der Waals surface area contributed by atoms with Gasteiger partial charge in [-0.1, -0.05) is 0 Å². The Bertz CT molecular complexity index is 421. The van der Waals surface area contributed by atoms with Gasteiger partial charge in [0.2, 0.25) is 0 Å². The number of amides is 1. The lowest BCUT2D eigenvalue weighted by Gasteiger charge is -2.34. The number of carbonyl (C=O) groups excluding carboxylic acids is 1. The number of hydrogen-bond donors (Lipinski definition) is 0. The number of alkyl halides is 1. The van der Waals surface area contributed by atoms with E-state index in [2.05, 4.69) is 20.9 Å². The zero-order valence-electron chi connectivity index (χ0n) is 9.57. The highest BCUT2D eigenvalue weighted by molar-refractivity contribution is 9.10. The summed E-state index contributed by atoms with van der Waals surface area (Å²) in [7, 11) is 1.82. The van der Waals surface area contributed by atoms with E-state index in [0.717, 1.165) is 23.9 Å². The van der Waals surface area contributed by atoms with Crippen molar-refractivity contribution in [2.24, 2.45) is 5.92 Å². The summed E-state index contributed by atoms with van der Waals surface area (Å²) in [4.78, 5) is 17.8. The first-order chi connectivity index (χ1) is 8.06. The molecule has 0 aliphatic heterocycles. The highest BCUT2D eigenvalue weighted by atomic mass is 79.9. The van der Waals surface area contributed by atoms with Gasteiger partial charge in [0, 0.05) is 35.8 Å². The molecule has 1 amide bonds. The molecule has 1 fully saturated rings. The molecule has 0 N–H and O–H groups in total. The van der Waals surface area contributed by atoms with Crippen molar-refractivity contribution in [1.82, 2.24) is 9.88 Å². The van der Waals surface area contributed by atoms with Gasteiger partial charge in [0.1, 0.15) is 0 Å². The molecule has 1 heterocycles. The van der Waals surface area contributed by atoms with Gasteiger partial charge in [0.15, 0.2) is 0 Å². The van der Waals surface area contributed by atoms with Gasteiger partial charge in [-0.2, -0.15) is 0 Å². The number of rotatable bonds is 3. The largest absolute Gasteiger partial charge is 0.341 e. The van der Waals surface area contributed by atoms with Crippen LogP contribution in [0.4, 0.5) is 0 Å². The van der Waals surface area contributed by atoms with E-state index in [-0.39, 0.29) is 5.91 Å². The molecule has 1 aromatic heterocycles. The molecule has 0 radical (unpaired) electrons. The van der Waals surface area contributed by atoms with Gasteiger partial charge in [-0.25, -0.2) is 0 Å². The van der Waals surface area contributed by atoms with Crippen LogP contribution in [0, 0.1) is 5.92 Å². The second kappa shape index (κ2) is 5.36. The summed E-state index contributed by atoms with van der Waals surface area (Å²) in [5.41, 5.74) is 0.614. The van der Waals surface area contributed by atoms with Gasteiger partial charge in [-0.15, -0.1) is 11.6 Å². The number of pyridine rings is 1. The first-order valence-corrected chi connectivity index (χ1v) is 6.79. The zero-order valence-corrected chi connectivity index (χ0v) is 11.9. The maximum absolute atomic E-state index is 12.1. The quantitative estimate of drug-likeness (QED) is 0.803. The highest BCUT2D eigenvalue weighted by Gasteiger charge is 2.29. The van der Waals surface area contributed by atoms with Crippen molar-refractivity contribution in [3.05, 3.63) is 28.5 Å². The summed E-state index contributed by atoms with van der Waals surface area (Å²) in [5, 5.41) is 0.302. The third kappa shape index (κ3) is 3.19. The van der Waals surface area contributed by atoms with Crippen LogP contribution in [0.2, 0.25) is 0 Å². The van der Waals surface area contributed by atoms with Crippen molar-refractivity contribution in [2.75, 3.05) is 13.6 Å². The molecule has 0 unspecified atom stereocenters. The van der Waals surface area contributed by atoms with Crippen molar-refractivity contribution in [2.45, 2.75) is 18.2 Å². The normalized spacial score (nSPS) is 23.0. The van der Waals surface area contributed by atoms with Crippen LogP contribution in [0.15, 0.2) is 22.9 Å². The lowest BCUT2D eigenvalue weighted by Crippen LogP contribution is -2.37. The number of nitrogens with zero attached hydrogens (tertiary/aromatic N) is 2. The number of carbonyl (C=O) groups is 1. The van der Waals surface area contributed by atoms with Crippen LogP contribution in [0.3, 0.4) is 0 Å². The fourth-order valence-electron chi connectivity index (χ4n) is 2.02. The Hall–Kier alpha value is -0.610. The monoisotopic (exact) mass is 316 g/mol. The van der Waals surface area contributed by atoms with Crippen molar-refractivity contribution in [3.8, 4) is 0 Å². The van der Waals surface area contributed by atoms with Gasteiger partial charge < -0.3 is 4.90 Å². The molecule has 0 saturated heterocycles. The summed E-state index contributed by atoms with van der Waals surface area (Å²) in [5.74, 6) is 0.559. The molecule has 0 spiro atoms. The average molecular weight is 318 g/mol. The molecule has 3 nitrogen and oxygen atoms in total. The van der Waals surface area contributed by atoms with Crippen molar-refractivity contribution >= 4 is 33.4 Å². The summed E-state index contributed by atoms with van der Waals surface area (Å²) >= 11 is 9.24. The first-order valence-electron chi connectivity index (χ1n) is 5.56. The maximum atomic E-state index is 12.1. The Labute approximate surface area is 114 Å². The Kier molecular flexibility index (Phi) is 4.05. The number of halogens is 2. The average Bonchev–Trinajstić information content (AvgIpc) is 2.26. The van der Waals surface area contributed by atoms with E-state index in [1.54, 1.807) is 23.4 Å². The van der Waals surface area contributed by atoms with Crippen LogP contribution in [0.1, 0.15) is 23.2 Å². The van der Waals surface area contributed by atoms with E-state index < -0.39 is 0 Å². The van der Waals surface area contributed by atoms with Crippen LogP contribution in [0.5, 0.6) is 0 Å². The molecule has 0 bridgehead atoms. The Balaban J connectivity index is 1.95. The molecular weight excluding hydrogens is 304 g/mol. The molecule has 1 aromatic rings. The summed E-state index contributed by atoms with van der Waals surface area (Å²) < 4.78 is 0.821. The van der Waals surface area contributed by atoms with Crippen LogP contribution >= 0.6 is 27.5 Å². The van der Waals surface area contributed by atoms with E-state index in [1.807, 2.05) is 7.05 Å². The molecule has 2 rings (SSSR count). The van der Waals surface area contributed by atoms with Gasteiger partial charge in [-0.3, -0.25) is 9.78 Å². The van der Waals surface area contributed by atoms with Gasteiger partial charge in [0.25, 0.3) is 5.91 Å². The topological polar surface area (TPSA) is 33.2 Å². The van der Waals surface area contributed by atoms with Crippen LogP contribution in [0.25, 0.3) is 0 Å². The number of aromatic nitrogens is 1. The van der Waals surface area contributed by atoms with Crippen LogP contribution in [-0.4, -0.2) is 34.8 Å². The van der Waals surface area contributed by atoms with E-state index in [0.29, 0.717) is 16.9 Å². The Morgan fingerprint density at radius 2 is 2.29 bits per heavy atom. The second-order valence-electron chi connectivity index (χ2n) is 4.51. The lowest BCUT2D eigenvalue weighted by molar-refractivity contribution is 0.0746. The maximum Gasteiger partial charge on any atom is 0.255 e. The minimum Gasteiger partial charge on any atom is -0.341 e. The fourth-order valence-corrected chi connectivity index (χ4v) is 2.89. The SMILES string of the molecule is CN(CC1CC(Cl)C1)C(=O)c1cncc(Br)c1. The Morgan fingerprint density at radius 3 is 2.88 bits per heavy atom. The molecule has 1 aliphatic rings. The van der Waals surface area contributed by atoms with E-state index in [4.69, 9.17) is 11.6 Å². The predicted molar refractivity (Wildman–Crippen MR) is 71.3 cm³/mol. The molecule has 17 heavy (non-hydrogen) atoms. The van der Waals surface area contributed by atoms with Crippen LogP contribution < -0.4 is 0 Å². The molecule has 0 aromatic carbocycles. The standard InChI is InChI=1S/C12H14BrClN2O/c1-16(7-8-2-11(14)3-8)12(17)9-4-10(13)6-15-5-9/h4-6,8,11H,2-3,7H2,1H3. The fraction of sp³-hybridized carbons (Fsp3) is 0.500. The molecular formula is C12H14BrClN2O. The molecule has 5 heteroatoms. The minimum absolute atomic E-state index is 0.0109. The summed E-state index contributed by atoms with van der Waals surface area (Å²) in [6.07, 6.45) is 5.28. The van der Waals surface area contributed by atoms with E-state index >= 15 is 0 Å². The first kappa shape index (κ1) is 12.8. The molecule has 92 valence electrons. The minimum atomic E-state index is 0.0109. The van der Waals surface area contributed by atoms with Gasteiger partial charge in [-0.05, 0) is 40.8 Å². The molecule has 1 aliphatic carbocycles. The highest BCUT2D eigenvalue weighted by Crippen LogP contribution is 2.32. The summed E-state index contributed by atoms with van der Waals surface area (Å²) in [6.45, 7) is 0.772. The van der Waals surface area contributed by atoms with E-state index in [9.17, 15) is 4.79 Å². The second-order valence-corrected chi connectivity index (χ2v) is 6.05. The third-order valence-electron chi connectivity index (χ3n) is 3.01. The predicted octanol–water partition coefficient (Wildman–Crippen LogP) is 2.93. The molecule has 1 saturated carbocycles. The Morgan fingerprint density at radius 1 is 1.59 bits per heavy atom.